The van der Waals surface area contributed by atoms with Gasteiger partial charge in [-0.15, -0.1) is 11.3 Å². The molecule has 0 unspecified atom stereocenters. The van der Waals surface area contributed by atoms with Crippen LogP contribution in [0.4, 0.5) is 5.69 Å². The maximum Gasteiger partial charge on any atom is 0.339 e. The van der Waals surface area contributed by atoms with E-state index >= 15 is 0 Å². The molecule has 0 saturated carbocycles. The van der Waals surface area contributed by atoms with E-state index in [1.807, 2.05) is 13.0 Å². The van der Waals surface area contributed by atoms with Crippen molar-refractivity contribution in [2.24, 2.45) is 0 Å². The summed E-state index contributed by atoms with van der Waals surface area (Å²) in [6.45, 7) is 1.88. The zero-order chi connectivity index (χ0) is 18.8. The fraction of sp³-hybridized carbons (Fsp3) is 0.0526. The number of benzene rings is 2. The number of carbonyl (C=O) groups is 2. The Morgan fingerprint density at radius 3 is 2.54 bits per heavy atom. The zero-order valence-electron chi connectivity index (χ0n) is 13.5. The van der Waals surface area contributed by atoms with Gasteiger partial charge in [0.2, 0.25) is 0 Å². The highest BCUT2D eigenvalue weighted by molar-refractivity contribution is 7.14. The van der Waals surface area contributed by atoms with Crippen LogP contribution in [-0.4, -0.2) is 17.0 Å². The van der Waals surface area contributed by atoms with E-state index in [0.29, 0.717) is 26.0 Å². The topological polar surface area (TPSA) is 66.4 Å². The Morgan fingerprint density at radius 2 is 1.88 bits per heavy atom. The number of rotatable bonds is 4. The Labute approximate surface area is 164 Å². The average molecular weight is 406 g/mol. The van der Waals surface area contributed by atoms with Crippen molar-refractivity contribution in [3.8, 4) is 10.4 Å². The van der Waals surface area contributed by atoms with Crippen molar-refractivity contribution in [3.63, 3.8) is 0 Å². The summed E-state index contributed by atoms with van der Waals surface area (Å²) in [5.74, 6) is -1.52. The van der Waals surface area contributed by atoms with Gasteiger partial charge in [-0.2, -0.15) is 0 Å². The van der Waals surface area contributed by atoms with Gasteiger partial charge in [-0.25, -0.2) is 4.79 Å². The van der Waals surface area contributed by atoms with Crippen LogP contribution in [0.15, 0.2) is 47.8 Å². The molecule has 3 aromatic rings. The molecule has 0 spiro atoms. The quantitative estimate of drug-likeness (QED) is 0.560. The zero-order valence-corrected chi connectivity index (χ0v) is 15.9. The lowest BCUT2D eigenvalue weighted by Crippen LogP contribution is -2.14. The van der Waals surface area contributed by atoms with Crippen molar-refractivity contribution >= 4 is 52.1 Å². The maximum atomic E-state index is 12.5. The van der Waals surface area contributed by atoms with Crippen molar-refractivity contribution in [1.82, 2.24) is 0 Å². The molecule has 0 radical (unpaired) electrons. The number of thiophene rings is 1. The highest BCUT2D eigenvalue weighted by atomic mass is 35.5. The third-order valence-electron chi connectivity index (χ3n) is 3.71. The number of carboxylic acids is 1. The Kier molecular flexibility index (Phi) is 5.32. The van der Waals surface area contributed by atoms with Gasteiger partial charge in [0, 0.05) is 21.5 Å². The van der Waals surface area contributed by atoms with Crippen molar-refractivity contribution in [2.45, 2.75) is 6.92 Å². The van der Waals surface area contributed by atoms with Crippen LogP contribution in [0.2, 0.25) is 10.0 Å². The molecule has 2 N–H and O–H groups in total. The highest BCUT2D eigenvalue weighted by Crippen LogP contribution is 2.40. The number of aromatic carboxylic acids is 1. The van der Waals surface area contributed by atoms with Crippen molar-refractivity contribution in [1.29, 1.82) is 0 Å². The van der Waals surface area contributed by atoms with Crippen LogP contribution in [0.5, 0.6) is 0 Å². The molecule has 0 aliphatic heterocycles. The first-order valence-electron chi connectivity index (χ1n) is 7.55. The lowest BCUT2D eigenvalue weighted by molar-refractivity contribution is 0.0699. The van der Waals surface area contributed by atoms with Gasteiger partial charge >= 0.3 is 5.97 Å². The molecular formula is C19H13Cl2NO3S. The molecule has 4 nitrogen and oxygen atoms in total. The molecule has 0 bridgehead atoms. The summed E-state index contributed by atoms with van der Waals surface area (Å²) in [4.78, 5) is 24.7. The predicted molar refractivity (Wildman–Crippen MR) is 106 cm³/mol. The van der Waals surface area contributed by atoms with Gasteiger partial charge in [0.1, 0.15) is 5.56 Å². The number of hydrogen-bond donors (Lipinski definition) is 2. The van der Waals surface area contributed by atoms with Crippen LogP contribution >= 0.6 is 34.5 Å². The first-order valence-corrected chi connectivity index (χ1v) is 9.18. The SMILES string of the molecule is Cc1cccc(C(=O)Nc2csc(-c3ccc(Cl)cc3Cl)c2C(=O)O)c1. The summed E-state index contributed by atoms with van der Waals surface area (Å²) in [5.41, 5.74) is 2.18. The summed E-state index contributed by atoms with van der Waals surface area (Å²) in [7, 11) is 0. The van der Waals surface area contributed by atoms with Gasteiger partial charge in [-0.3, -0.25) is 4.79 Å². The molecule has 1 aromatic heterocycles. The van der Waals surface area contributed by atoms with E-state index in [1.54, 1.807) is 41.8 Å². The fourth-order valence-electron chi connectivity index (χ4n) is 2.51. The first-order chi connectivity index (χ1) is 12.4. The number of anilines is 1. The maximum absolute atomic E-state index is 12.5. The van der Waals surface area contributed by atoms with Gasteiger partial charge < -0.3 is 10.4 Å². The molecule has 2 aromatic carbocycles. The second-order valence-electron chi connectivity index (χ2n) is 5.61. The van der Waals surface area contributed by atoms with E-state index in [4.69, 9.17) is 23.2 Å². The second kappa shape index (κ2) is 7.50. The van der Waals surface area contributed by atoms with E-state index in [1.165, 1.54) is 11.3 Å². The number of hydrogen-bond acceptors (Lipinski definition) is 3. The Bertz CT molecular complexity index is 1010. The van der Waals surface area contributed by atoms with Gasteiger partial charge in [0.05, 0.1) is 15.6 Å². The molecule has 0 aliphatic carbocycles. The number of halogens is 2. The standard InChI is InChI=1S/C19H13Cl2NO3S/c1-10-3-2-4-11(7-10)18(23)22-15-9-26-17(16(15)19(24)25)13-6-5-12(20)8-14(13)21/h2-9H,1H3,(H,22,23)(H,24,25). The van der Waals surface area contributed by atoms with Crippen LogP contribution in [0.25, 0.3) is 10.4 Å². The number of carbonyl (C=O) groups excluding carboxylic acids is 1. The van der Waals surface area contributed by atoms with E-state index in [9.17, 15) is 14.7 Å². The van der Waals surface area contributed by atoms with Gasteiger partial charge in [0.15, 0.2) is 0 Å². The summed E-state index contributed by atoms with van der Waals surface area (Å²) in [6, 6.07) is 11.9. The van der Waals surface area contributed by atoms with E-state index in [0.717, 1.165) is 5.56 Å². The molecule has 1 heterocycles. The summed E-state index contributed by atoms with van der Waals surface area (Å²) in [6.07, 6.45) is 0. The Hall–Kier alpha value is -2.34. The predicted octanol–water partition coefficient (Wildman–Crippen LogP) is 5.98. The molecule has 0 fully saturated rings. The number of amides is 1. The molecule has 0 aliphatic rings. The summed E-state index contributed by atoms with van der Waals surface area (Å²) in [5, 5.41) is 14.7. The minimum atomic E-state index is -1.15. The third kappa shape index (κ3) is 3.75. The average Bonchev–Trinajstić information content (AvgIpc) is 2.98. The van der Waals surface area contributed by atoms with E-state index in [-0.39, 0.29) is 17.2 Å². The molecule has 3 rings (SSSR count). The molecular weight excluding hydrogens is 393 g/mol. The van der Waals surface area contributed by atoms with Crippen LogP contribution < -0.4 is 5.32 Å². The largest absolute Gasteiger partial charge is 0.478 e. The van der Waals surface area contributed by atoms with E-state index < -0.39 is 5.97 Å². The fourth-order valence-corrected chi connectivity index (χ4v) is 4.11. The minimum absolute atomic E-state index is 0.000209. The minimum Gasteiger partial charge on any atom is -0.478 e. The molecule has 7 heteroatoms. The lowest BCUT2D eigenvalue weighted by atomic mass is 10.1. The number of carboxylic acid groups (broad SMARTS) is 1. The molecule has 132 valence electrons. The van der Waals surface area contributed by atoms with Crippen LogP contribution in [0.3, 0.4) is 0 Å². The normalized spacial score (nSPS) is 10.6. The van der Waals surface area contributed by atoms with Crippen LogP contribution in [-0.2, 0) is 0 Å². The van der Waals surface area contributed by atoms with Crippen molar-refractivity contribution in [2.75, 3.05) is 5.32 Å². The monoisotopic (exact) mass is 405 g/mol. The van der Waals surface area contributed by atoms with Crippen molar-refractivity contribution in [3.05, 3.63) is 74.6 Å². The number of nitrogens with one attached hydrogen (secondary N) is 1. The second-order valence-corrected chi connectivity index (χ2v) is 7.33. The first kappa shape index (κ1) is 18.5. The smallest absolute Gasteiger partial charge is 0.339 e. The van der Waals surface area contributed by atoms with Gasteiger partial charge in [-0.1, -0.05) is 47.0 Å². The van der Waals surface area contributed by atoms with Gasteiger partial charge in [-0.05, 0) is 31.2 Å². The number of aryl methyl sites for hydroxylation is 1. The third-order valence-corrected chi connectivity index (χ3v) is 5.27. The van der Waals surface area contributed by atoms with Crippen LogP contribution in [0, 0.1) is 6.92 Å². The summed E-state index contributed by atoms with van der Waals surface area (Å²) >= 11 is 13.3. The molecule has 1 amide bonds. The molecule has 0 saturated heterocycles. The summed E-state index contributed by atoms with van der Waals surface area (Å²) < 4.78 is 0. The van der Waals surface area contributed by atoms with Gasteiger partial charge in [0.25, 0.3) is 5.91 Å². The highest BCUT2D eigenvalue weighted by Gasteiger charge is 2.23. The molecule has 0 atom stereocenters. The van der Waals surface area contributed by atoms with Crippen LogP contribution in [0.1, 0.15) is 26.3 Å². The van der Waals surface area contributed by atoms with E-state index in [2.05, 4.69) is 5.32 Å². The lowest BCUT2D eigenvalue weighted by Gasteiger charge is -2.08. The Morgan fingerprint density at radius 1 is 1.12 bits per heavy atom. The van der Waals surface area contributed by atoms with Crippen molar-refractivity contribution < 1.29 is 14.7 Å². The Balaban J connectivity index is 2.00. The molecule has 26 heavy (non-hydrogen) atoms.